The van der Waals surface area contributed by atoms with Gasteiger partial charge in [-0.05, 0) is 27.8 Å². The third kappa shape index (κ3) is 7.80. The van der Waals surface area contributed by atoms with Crippen LogP contribution in [0.5, 0.6) is 0 Å². The van der Waals surface area contributed by atoms with Crippen molar-refractivity contribution in [3.8, 4) is 11.1 Å². The van der Waals surface area contributed by atoms with Gasteiger partial charge < -0.3 is 25.4 Å². The SMILES string of the molecule is O=C(NCCNC(=O)C(CS(=O)(=O)O)NC(=O)OCC1c2ccccc2-c2ccccc21)OCc1ccccc1. The number of rotatable bonds is 11. The maximum absolute atomic E-state index is 12.6. The van der Waals surface area contributed by atoms with Crippen molar-refractivity contribution in [2.24, 2.45) is 0 Å². The van der Waals surface area contributed by atoms with Crippen molar-refractivity contribution in [1.82, 2.24) is 16.0 Å². The molecule has 3 amide bonds. The van der Waals surface area contributed by atoms with Crippen molar-refractivity contribution >= 4 is 28.2 Å². The maximum Gasteiger partial charge on any atom is 0.407 e. The van der Waals surface area contributed by atoms with Crippen molar-refractivity contribution in [1.29, 1.82) is 0 Å². The molecule has 4 rings (SSSR count). The molecule has 0 bridgehead atoms. The van der Waals surface area contributed by atoms with Crippen LogP contribution < -0.4 is 16.0 Å². The lowest BCUT2D eigenvalue weighted by atomic mass is 9.98. The highest BCUT2D eigenvalue weighted by Crippen LogP contribution is 2.44. The molecular weight excluding hydrogens is 538 g/mol. The minimum absolute atomic E-state index is 0.0249. The third-order valence-electron chi connectivity index (χ3n) is 6.24. The van der Waals surface area contributed by atoms with Crippen molar-refractivity contribution in [3.63, 3.8) is 0 Å². The monoisotopic (exact) mass is 567 g/mol. The minimum atomic E-state index is -4.62. The van der Waals surface area contributed by atoms with Gasteiger partial charge in [0.2, 0.25) is 5.91 Å². The predicted molar refractivity (Wildman–Crippen MR) is 146 cm³/mol. The van der Waals surface area contributed by atoms with Crippen LogP contribution in [0, 0.1) is 0 Å². The predicted octanol–water partition coefficient (Wildman–Crippen LogP) is 2.82. The van der Waals surface area contributed by atoms with E-state index in [9.17, 15) is 27.4 Å². The molecule has 0 saturated heterocycles. The van der Waals surface area contributed by atoms with Gasteiger partial charge in [-0.15, -0.1) is 0 Å². The van der Waals surface area contributed by atoms with Gasteiger partial charge >= 0.3 is 12.2 Å². The topological polar surface area (TPSA) is 160 Å². The standard InChI is InChI=1S/C28H29N3O8S/c32-26(29-14-15-30-27(33)38-16-19-8-2-1-3-9-19)25(18-40(35,36)37)31-28(34)39-17-24-22-12-6-4-10-20(22)21-11-5-7-13-23(21)24/h1-13,24-25H,14-18H2,(H,29,32)(H,30,33)(H,31,34)(H,35,36,37). The van der Waals surface area contributed by atoms with Crippen LogP contribution in [-0.4, -0.2) is 62.6 Å². The Bertz CT molecular complexity index is 1420. The van der Waals surface area contributed by atoms with E-state index < -0.39 is 40.0 Å². The van der Waals surface area contributed by atoms with Gasteiger partial charge in [-0.2, -0.15) is 8.42 Å². The Hall–Kier alpha value is -4.42. The quantitative estimate of drug-likeness (QED) is 0.203. The van der Waals surface area contributed by atoms with Gasteiger partial charge in [0.25, 0.3) is 10.1 Å². The number of hydrogen-bond donors (Lipinski definition) is 4. The molecule has 1 atom stereocenters. The number of carbonyl (C=O) groups is 3. The summed E-state index contributed by atoms with van der Waals surface area (Å²) in [4.78, 5) is 37.0. The summed E-state index contributed by atoms with van der Waals surface area (Å²) in [6, 6.07) is 22.9. The number of nitrogens with one attached hydrogen (secondary N) is 3. The van der Waals surface area contributed by atoms with Crippen molar-refractivity contribution in [2.45, 2.75) is 18.6 Å². The van der Waals surface area contributed by atoms with Crippen LogP contribution in [0.3, 0.4) is 0 Å². The van der Waals surface area contributed by atoms with E-state index in [1.807, 2.05) is 66.7 Å². The first kappa shape index (κ1) is 28.6. The Morgan fingerprint density at radius 3 is 1.98 bits per heavy atom. The van der Waals surface area contributed by atoms with Crippen molar-refractivity contribution < 1.29 is 36.8 Å². The molecule has 1 aliphatic rings. The first-order valence-electron chi connectivity index (χ1n) is 12.5. The average molecular weight is 568 g/mol. The number of fused-ring (bicyclic) bond motifs is 3. The van der Waals surface area contributed by atoms with E-state index in [1.54, 1.807) is 12.1 Å². The molecule has 0 aliphatic heterocycles. The van der Waals surface area contributed by atoms with Gasteiger partial charge in [0.05, 0.1) is 0 Å². The average Bonchev–Trinajstić information content (AvgIpc) is 3.26. The van der Waals surface area contributed by atoms with E-state index in [0.717, 1.165) is 27.8 Å². The van der Waals surface area contributed by atoms with Crippen LogP contribution in [0.25, 0.3) is 11.1 Å². The van der Waals surface area contributed by atoms with Gasteiger partial charge in [0.1, 0.15) is 25.0 Å². The molecule has 40 heavy (non-hydrogen) atoms. The highest BCUT2D eigenvalue weighted by atomic mass is 32.2. The largest absolute Gasteiger partial charge is 0.449 e. The summed E-state index contributed by atoms with van der Waals surface area (Å²) in [5, 5.41) is 7.07. The Kier molecular flexibility index (Phi) is 9.35. The van der Waals surface area contributed by atoms with Gasteiger partial charge in [-0.25, -0.2) is 9.59 Å². The molecular formula is C28H29N3O8S. The molecule has 1 unspecified atom stereocenters. The first-order chi connectivity index (χ1) is 19.2. The summed E-state index contributed by atoms with van der Waals surface area (Å²) in [6.45, 7) is -0.0921. The van der Waals surface area contributed by atoms with Crippen LogP contribution in [-0.2, 0) is 31.0 Å². The summed E-state index contributed by atoms with van der Waals surface area (Å²) in [7, 11) is -4.62. The molecule has 11 nitrogen and oxygen atoms in total. The summed E-state index contributed by atoms with van der Waals surface area (Å²) >= 11 is 0. The molecule has 12 heteroatoms. The van der Waals surface area contributed by atoms with Crippen LogP contribution in [0.2, 0.25) is 0 Å². The molecule has 3 aromatic rings. The van der Waals surface area contributed by atoms with E-state index in [2.05, 4.69) is 16.0 Å². The third-order valence-corrected chi connectivity index (χ3v) is 6.99. The van der Waals surface area contributed by atoms with E-state index in [1.165, 1.54) is 0 Å². The summed E-state index contributed by atoms with van der Waals surface area (Å²) in [5.74, 6) is -2.18. The lowest BCUT2D eigenvalue weighted by Gasteiger charge is -2.19. The van der Waals surface area contributed by atoms with E-state index >= 15 is 0 Å². The molecule has 0 fully saturated rings. The fraction of sp³-hybridized carbons (Fsp3) is 0.250. The second-order valence-corrected chi connectivity index (χ2v) is 10.5. The second kappa shape index (κ2) is 13.1. The van der Waals surface area contributed by atoms with Crippen molar-refractivity contribution in [3.05, 3.63) is 95.6 Å². The number of hydrogen-bond acceptors (Lipinski definition) is 7. The number of alkyl carbamates (subject to hydrolysis) is 2. The number of benzene rings is 3. The lowest BCUT2D eigenvalue weighted by Crippen LogP contribution is -2.51. The number of carbonyl (C=O) groups excluding carboxylic acids is 3. The fourth-order valence-electron chi connectivity index (χ4n) is 4.42. The highest BCUT2D eigenvalue weighted by molar-refractivity contribution is 7.85. The Labute approximate surface area is 231 Å². The Morgan fingerprint density at radius 1 is 0.775 bits per heavy atom. The summed E-state index contributed by atoms with van der Waals surface area (Å²) in [5.41, 5.74) is 4.84. The first-order valence-corrected chi connectivity index (χ1v) is 14.1. The smallest absolute Gasteiger partial charge is 0.407 e. The number of amides is 3. The van der Waals surface area contributed by atoms with Crippen LogP contribution in [0.4, 0.5) is 9.59 Å². The normalized spacial score (nSPS) is 12.9. The molecule has 0 aromatic heterocycles. The van der Waals surface area contributed by atoms with Gasteiger partial charge in [0, 0.05) is 19.0 Å². The fourth-order valence-corrected chi connectivity index (χ4v) is 5.08. The zero-order valence-corrected chi connectivity index (χ0v) is 22.2. The van der Waals surface area contributed by atoms with Crippen LogP contribution in [0.15, 0.2) is 78.9 Å². The molecule has 1 aliphatic carbocycles. The van der Waals surface area contributed by atoms with Gasteiger partial charge in [0.15, 0.2) is 0 Å². The Balaban J connectivity index is 1.27. The molecule has 3 aromatic carbocycles. The Morgan fingerprint density at radius 2 is 1.35 bits per heavy atom. The van der Waals surface area contributed by atoms with Crippen LogP contribution in [0.1, 0.15) is 22.6 Å². The molecule has 0 heterocycles. The van der Waals surface area contributed by atoms with Gasteiger partial charge in [-0.3, -0.25) is 9.35 Å². The molecule has 0 saturated carbocycles. The zero-order valence-electron chi connectivity index (χ0n) is 21.4. The minimum Gasteiger partial charge on any atom is -0.449 e. The maximum atomic E-state index is 12.6. The molecule has 0 spiro atoms. The van der Waals surface area contributed by atoms with E-state index in [-0.39, 0.29) is 32.2 Å². The molecule has 210 valence electrons. The zero-order chi connectivity index (χ0) is 28.5. The summed E-state index contributed by atoms with van der Waals surface area (Å²) < 4.78 is 42.7. The van der Waals surface area contributed by atoms with Crippen LogP contribution >= 0.6 is 0 Å². The van der Waals surface area contributed by atoms with E-state index in [0.29, 0.717) is 0 Å². The second-order valence-electron chi connectivity index (χ2n) is 9.05. The van der Waals surface area contributed by atoms with E-state index in [4.69, 9.17) is 9.47 Å². The summed E-state index contributed by atoms with van der Waals surface area (Å²) in [6.07, 6.45) is -1.72. The molecule has 4 N–H and O–H groups in total. The molecule has 0 radical (unpaired) electrons. The van der Waals surface area contributed by atoms with Gasteiger partial charge in [-0.1, -0.05) is 78.9 Å². The lowest BCUT2D eigenvalue weighted by molar-refractivity contribution is -0.122. The van der Waals surface area contributed by atoms with Crippen molar-refractivity contribution in [2.75, 3.05) is 25.4 Å². The number of ether oxygens (including phenoxy) is 2. The highest BCUT2D eigenvalue weighted by Gasteiger charge is 2.31.